The van der Waals surface area contributed by atoms with E-state index in [1.807, 2.05) is 26.0 Å². The van der Waals surface area contributed by atoms with Crippen molar-refractivity contribution >= 4 is 0 Å². The van der Waals surface area contributed by atoms with E-state index < -0.39 is 0 Å². The standard InChI is InChI=1S/C11H16O2/c1-4-9(3)6-10(5-2)12-7-11-8-13-11/h4-6,11H,2,7-8H2,1,3H3/b9-4-,10-6+. The Morgan fingerprint density at radius 1 is 1.69 bits per heavy atom. The molecule has 0 saturated carbocycles. The Hall–Kier alpha value is -1.02. The highest BCUT2D eigenvalue weighted by atomic mass is 16.6. The Balaban J connectivity index is 2.39. The molecule has 1 rings (SSSR count). The lowest BCUT2D eigenvalue weighted by Crippen LogP contribution is -1.99. The summed E-state index contributed by atoms with van der Waals surface area (Å²) in [6.07, 6.45) is 6.01. The molecule has 2 heteroatoms. The van der Waals surface area contributed by atoms with Crippen molar-refractivity contribution in [1.82, 2.24) is 0 Å². The van der Waals surface area contributed by atoms with Gasteiger partial charge in [-0.1, -0.05) is 18.2 Å². The molecule has 0 spiro atoms. The molecular weight excluding hydrogens is 164 g/mol. The second-order valence-corrected chi connectivity index (χ2v) is 3.05. The van der Waals surface area contributed by atoms with Gasteiger partial charge in [0, 0.05) is 0 Å². The summed E-state index contributed by atoms with van der Waals surface area (Å²) in [5, 5.41) is 0. The summed E-state index contributed by atoms with van der Waals surface area (Å²) in [5.74, 6) is 0.811. The molecule has 0 aromatic heterocycles. The molecule has 0 radical (unpaired) electrons. The van der Waals surface area contributed by atoms with E-state index >= 15 is 0 Å². The zero-order chi connectivity index (χ0) is 9.68. The van der Waals surface area contributed by atoms with Crippen LogP contribution in [-0.4, -0.2) is 19.3 Å². The molecule has 1 aliphatic rings. The van der Waals surface area contributed by atoms with Gasteiger partial charge in [0.15, 0.2) is 0 Å². The van der Waals surface area contributed by atoms with Crippen LogP contribution in [0.2, 0.25) is 0 Å². The highest BCUT2D eigenvalue weighted by Gasteiger charge is 2.22. The van der Waals surface area contributed by atoms with Crippen molar-refractivity contribution in [3.8, 4) is 0 Å². The van der Waals surface area contributed by atoms with E-state index in [0.29, 0.717) is 12.7 Å². The fourth-order valence-corrected chi connectivity index (χ4v) is 0.821. The normalized spacial score (nSPS) is 22.8. The van der Waals surface area contributed by atoms with Crippen LogP contribution < -0.4 is 0 Å². The monoisotopic (exact) mass is 180 g/mol. The van der Waals surface area contributed by atoms with Crippen LogP contribution in [0.3, 0.4) is 0 Å². The van der Waals surface area contributed by atoms with Crippen molar-refractivity contribution in [2.24, 2.45) is 0 Å². The van der Waals surface area contributed by atoms with Crippen LogP contribution in [0.15, 0.2) is 36.1 Å². The predicted octanol–water partition coefficient (Wildman–Crippen LogP) is 2.44. The molecule has 2 nitrogen and oxygen atoms in total. The van der Waals surface area contributed by atoms with Crippen LogP contribution in [0.25, 0.3) is 0 Å². The third-order valence-corrected chi connectivity index (χ3v) is 1.86. The van der Waals surface area contributed by atoms with Crippen LogP contribution in [0.1, 0.15) is 13.8 Å². The lowest BCUT2D eigenvalue weighted by molar-refractivity contribution is 0.193. The summed E-state index contributed by atoms with van der Waals surface area (Å²) in [6, 6.07) is 0. The van der Waals surface area contributed by atoms with Gasteiger partial charge in [0.1, 0.15) is 18.5 Å². The van der Waals surface area contributed by atoms with E-state index in [2.05, 4.69) is 6.58 Å². The van der Waals surface area contributed by atoms with Crippen molar-refractivity contribution in [3.63, 3.8) is 0 Å². The molecule has 1 fully saturated rings. The van der Waals surface area contributed by atoms with E-state index in [1.54, 1.807) is 6.08 Å². The Labute approximate surface area is 79.5 Å². The Morgan fingerprint density at radius 3 is 2.85 bits per heavy atom. The maximum absolute atomic E-state index is 5.46. The van der Waals surface area contributed by atoms with Gasteiger partial charge in [0.2, 0.25) is 0 Å². The maximum atomic E-state index is 5.46. The van der Waals surface area contributed by atoms with Gasteiger partial charge in [-0.05, 0) is 26.0 Å². The predicted molar refractivity (Wildman–Crippen MR) is 53.4 cm³/mol. The molecule has 1 saturated heterocycles. The summed E-state index contributed by atoms with van der Waals surface area (Å²) in [7, 11) is 0. The maximum Gasteiger partial charge on any atom is 0.119 e. The molecule has 0 amide bonds. The average molecular weight is 180 g/mol. The van der Waals surface area contributed by atoms with Gasteiger partial charge in [0.05, 0.1) is 6.61 Å². The summed E-state index contributed by atoms with van der Waals surface area (Å²) in [6.45, 7) is 9.17. The van der Waals surface area contributed by atoms with Gasteiger partial charge in [-0.3, -0.25) is 0 Å². The molecule has 1 unspecified atom stereocenters. The topological polar surface area (TPSA) is 21.8 Å². The quantitative estimate of drug-likeness (QED) is 0.368. The van der Waals surface area contributed by atoms with Crippen LogP contribution in [0.4, 0.5) is 0 Å². The number of allylic oxidation sites excluding steroid dienone is 4. The molecule has 13 heavy (non-hydrogen) atoms. The SMILES string of the molecule is C=C/C(=C\C(C)=C/C)OCC1CO1. The van der Waals surface area contributed by atoms with Gasteiger partial charge >= 0.3 is 0 Å². The molecule has 0 bridgehead atoms. The van der Waals surface area contributed by atoms with E-state index in [-0.39, 0.29) is 0 Å². The molecular formula is C11H16O2. The van der Waals surface area contributed by atoms with Crippen LogP contribution >= 0.6 is 0 Å². The Morgan fingerprint density at radius 2 is 2.38 bits per heavy atom. The minimum Gasteiger partial charge on any atom is -0.491 e. The Bertz CT molecular complexity index is 234. The van der Waals surface area contributed by atoms with E-state index in [4.69, 9.17) is 9.47 Å². The van der Waals surface area contributed by atoms with Gasteiger partial charge in [-0.15, -0.1) is 0 Å². The molecule has 72 valence electrons. The number of rotatable bonds is 5. The van der Waals surface area contributed by atoms with Crippen molar-refractivity contribution in [3.05, 3.63) is 36.1 Å². The number of epoxide rings is 1. The van der Waals surface area contributed by atoms with E-state index in [0.717, 1.165) is 12.4 Å². The largest absolute Gasteiger partial charge is 0.491 e. The fraction of sp³-hybridized carbons (Fsp3) is 0.455. The number of hydrogen-bond acceptors (Lipinski definition) is 2. The molecule has 0 N–H and O–H groups in total. The smallest absolute Gasteiger partial charge is 0.119 e. The molecule has 0 aromatic rings. The molecule has 1 aliphatic heterocycles. The fourth-order valence-electron chi connectivity index (χ4n) is 0.821. The highest BCUT2D eigenvalue weighted by molar-refractivity contribution is 5.23. The average Bonchev–Trinajstić information content (AvgIpc) is 2.95. The first kappa shape index (κ1) is 10.1. The minimum atomic E-state index is 0.300. The minimum absolute atomic E-state index is 0.300. The summed E-state index contributed by atoms with van der Waals surface area (Å²) in [4.78, 5) is 0. The van der Waals surface area contributed by atoms with Crippen LogP contribution in [0.5, 0.6) is 0 Å². The summed E-state index contributed by atoms with van der Waals surface area (Å²) >= 11 is 0. The van der Waals surface area contributed by atoms with Gasteiger partial charge in [-0.25, -0.2) is 0 Å². The zero-order valence-electron chi connectivity index (χ0n) is 8.25. The number of hydrogen-bond donors (Lipinski definition) is 0. The van der Waals surface area contributed by atoms with E-state index in [9.17, 15) is 0 Å². The third-order valence-electron chi connectivity index (χ3n) is 1.86. The van der Waals surface area contributed by atoms with Crippen molar-refractivity contribution < 1.29 is 9.47 Å². The van der Waals surface area contributed by atoms with Gasteiger partial charge in [0.25, 0.3) is 0 Å². The lowest BCUT2D eigenvalue weighted by Gasteiger charge is -2.04. The van der Waals surface area contributed by atoms with Crippen LogP contribution in [-0.2, 0) is 9.47 Å². The van der Waals surface area contributed by atoms with Crippen molar-refractivity contribution in [1.29, 1.82) is 0 Å². The second-order valence-electron chi connectivity index (χ2n) is 3.05. The first-order valence-electron chi connectivity index (χ1n) is 4.47. The summed E-state index contributed by atoms with van der Waals surface area (Å²) in [5.41, 5.74) is 1.17. The van der Waals surface area contributed by atoms with Gasteiger partial charge < -0.3 is 9.47 Å². The Kier molecular flexibility index (Phi) is 3.77. The molecule has 1 heterocycles. The first-order valence-corrected chi connectivity index (χ1v) is 4.47. The lowest BCUT2D eigenvalue weighted by atomic mass is 10.2. The first-order chi connectivity index (χ1) is 6.26. The zero-order valence-corrected chi connectivity index (χ0v) is 8.25. The van der Waals surface area contributed by atoms with E-state index in [1.165, 1.54) is 5.57 Å². The second kappa shape index (κ2) is 4.87. The van der Waals surface area contributed by atoms with Gasteiger partial charge in [-0.2, -0.15) is 0 Å². The molecule has 0 aromatic carbocycles. The molecule has 1 atom stereocenters. The van der Waals surface area contributed by atoms with Crippen molar-refractivity contribution in [2.45, 2.75) is 20.0 Å². The van der Waals surface area contributed by atoms with Crippen LogP contribution in [0, 0.1) is 0 Å². The third kappa shape index (κ3) is 3.95. The molecule has 0 aliphatic carbocycles. The highest BCUT2D eigenvalue weighted by Crippen LogP contribution is 2.12. The number of ether oxygens (including phenoxy) is 2. The summed E-state index contributed by atoms with van der Waals surface area (Å²) < 4.78 is 10.5. The van der Waals surface area contributed by atoms with Crippen molar-refractivity contribution in [2.75, 3.05) is 13.2 Å².